The van der Waals surface area contributed by atoms with Crippen LogP contribution in [0.1, 0.15) is 26.3 Å². The molecule has 0 radical (unpaired) electrons. The molecule has 3 rings (SSSR count). The first-order valence-corrected chi connectivity index (χ1v) is 7.24. The Morgan fingerprint density at radius 2 is 2.05 bits per heavy atom. The lowest BCUT2D eigenvalue weighted by atomic mass is 9.86. The van der Waals surface area contributed by atoms with Crippen molar-refractivity contribution >= 4 is 22.2 Å². The molecular formula is C14H13FN4OS. The topological polar surface area (TPSA) is 60.7 Å². The molecule has 0 spiro atoms. The summed E-state index contributed by atoms with van der Waals surface area (Å²) >= 11 is 1.22. The van der Waals surface area contributed by atoms with Crippen LogP contribution in [-0.4, -0.2) is 19.7 Å². The van der Waals surface area contributed by atoms with Crippen molar-refractivity contribution in [1.82, 2.24) is 19.7 Å². The van der Waals surface area contributed by atoms with E-state index in [9.17, 15) is 9.18 Å². The average molecular weight is 304 g/mol. The highest BCUT2D eigenvalue weighted by Gasteiger charge is 2.19. The minimum Gasteiger partial charge on any atom is -0.268 e. The van der Waals surface area contributed by atoms with Crippen LogP contribution in [0.15, 0.2) is 28.8 Å². The van der Waals surface area contributed by atoms with E-state index in [0.29, 0.717) is 5.13 Å². The number of aromatic nitrogens is 4. The molecule has 0 atom stereocenters. The lowest BCUT2D eigenvalue weighted by molar-refractivity contribution is 0.575. The highest BCUT2D eigenvalue weighted by molar-refractivity contribution is 7.11. The van der Waals surface area contributed by atoms with E-state index in [4.69, 9.17) is 0 Å². The van der Waals surface area contributed by atoms with Gasteiger partial charge in [0.15, 0.2) is 0 Å². The van der Waals surface area contributed by atoms with Crippen molar-refractivity contribution in [2.45, 2.75) is 26.2 Å². The predicted octanol–water partition coefficient (Wildman–Crippen LogP) is 2.67. The van der Waals surface area contributed by atoms with E-state index in [0.717, 1.165) is 5.56 Å². The van der Waals surface area contributed by atoms with Gasteiger partial charge in [-0.3, -0.25) is 4.79 Å². The van der Waals surface area contributed by atoms with Gasteiger partial charge in [-0.1, -0.05) is 32.1 Å². The van der Waals surface area contributed by atoms with Gasteiger partial charge in [0.2, 0.25) is 5.13 Å². The number of hydrogen-bond donors (Lipinski definition) is 0. The molecule has 0 N–H and O–H groups in total. The predicted molar refractivity (Wildman–Crippen MR) is 79.5 cm³/mol. The van der Waals surface area contributed by atoms with E-state index in [2.05, 4.69) is 15.2 Å². The Labute approximate surface area is 124 Å². The van der Waals surface area contributed by atoms with E-state index in [1.54, 1.807) is 6.07 Å². The smallest absolute Gasteiger partial charge is 0.267 e. The van der Waals surface area contributed by atoms with Gasteiger partial charge in [0.05, 0.1) is 5.39 Å². The average Bonchev–Trinajstić information content (AvgIpc) is 2.92. The maximum Gasteiger partial charge on any atom is 0.267 e. The Morgan fingerprint density at radius 3 is 2.67 bits per heavy atom. The Hall–Kier alpha value is -2.15. The van der Waals surface area contributed by atoms with Crippen molar-refractivity contribution < 1.29 is 4.39 Å². The fourth-order valence-electron chi connectivity index (χ4n) is 2.03. The lowest BCUT2D eigenvalue weighted by Gasteiger charge is -2.19. The highest BCUT2D eigenvalue weighted by atomic mass is 32.1. The van der Waals surface area contributed by atoms with E-state index in [1.807, 2.05) is 20.8 Å². The molecular weight excluding hydrogens is 291 g/mol. The van der Waals surface area contributed by atoms with Crippen molar-refractivity contribution in [3.63, 3.8) is 0 Å². The monoisotopic (exact) mass is 304 g/mol. The molecule has 0 saturated heterocycles. The van der Waals surface area contributed by atoms with Crippen LogP contribution in [0.25, 0.3) is 16.0 Å². The van der Waals surface area contributed by atoms with Crippen LogP contribution < -0.4 is 5.56 Å². The number of benzene rings is 1. The summed E-state index contributed by atoms with van der Waals surface area (Å²) in [6.45, 7) is 5.90. The number of rotatable bonds is 1. The number of halogens is 1. The van der Waals surface area contributed by atoms with Gasteiger partial charge in [0.1, 0.15) is 23.2 Å². The molecule has 3 aromatic rings. The van der Waals surface area contributed by atoms with Crippen LogP contribution in [0.4, 0.5) is 4.39 Å². The van der Waals surface area contributed by atoms with Gasteiger partial charge in [0, 0.05) is 0 Å². The molecule has 0 fully saturated rings. The fourth-order valence-corrected chi connectivity index (χ4v) is 2.56. The van der Waals surface area contributed by atoms with Crippen molar-refractivity contribution in [2.75, 3.05) is 0 Å². The Kier molecular flexibility index (Phi) is 3.09. The first kappa shape index (κ1) is 13.8. The van der Waals surface area contributed by atoms with E-state index >= 15 is 0 Å². The maximum absolute atomic E-state index is 14.2. The molecule has 0 amide bonds. The summed E-state index contributed by atoms with van der Waals surface area (Å²) in [5, 5.41) is 8.21. The van der Waals surface area contributed by atoms with Crippen molar-refractivity contribution in [3.05, 3.63) is 45.7 Å². The quantitative estimate of drug-likeness (QED) is 0.693. The summed E-state index contributed by atoms with van der Waals surface area (Å²) in [5.41, 5.74) is 1.75. The minimum absolute atomic E-state index is 0.0776. The van der Waals surface area contributed by atoms with Gasteiger partial charge in [-0.05, 0) is 23.1 Å². The summed E-state index contributed by atoms with van der Waals surface area (Å²) in [7, 11) is 0. The molecule has 0 unspecified atom stereocenters. The first-order valence-electron chi connectivity index (χ1n) is 6.36. The summed E-state index contributed by atoms with van der Waals surface area (Å²) in [6.07, 6.45) is 1.28. The Morgan fingerprint density at radius 1 is 1.29 bits per heavy atom. The van der Waals surface area contributed by atoms with Crippen molar-refractivity contribution in [3.8, 4) is 5.13 Å². The molecule has 0 aliphatic carbocycles. The van der Waals surface area contributed by atoms with Crippen molar-refractivity contribution in [2.24, 2.45) is 0 Å². The van der Waals surface area contributed by atoms with Gasteiger partial charge in [0.25, 0.3) is 5.56 Å². The summed E-state index contributed by atoms with van der Waals surface area (Å²) in [5.74, 6) is -0.487. The summed E-state index contributed by atoms with van der Waals surface area (Å²) in [4.78, 5) is 16.6. The normalized spacial score (nSPS) is 12.0. The molecule has 0 bridgehead atoms. The third-order valence-corrected chi connectivity index (χ3v) is 3.92. The zero-order chi connectivity index (χ0) is 15.2. The van der Waals surface area contributed by atoms with Gasteiger partial charge < -0.3 is 0 Å². The second kappa shape index (κ2) is 4.70. The molecule has 7 heteroatoms. The van der Waals surface area contributed by atoms with E-state index < -0.39 is 5.82 Å². The number of hydrogen-bond acceptors (Lipinski definition) is 5. The van der Waals surface area contributed by atoms with Crippen LogP contribution in [0.3, 0.4) is 0 Å². The van der Waals surface area contributed by atoms with Gasteiger partial charge >= 0.3 is 0 Å². The SMILES string of the molecule is CC(C)(C)c1cc(F)c2ncn(-c3nncs3)c(=O)c2c1. The van der Waals surface area contributed by atoms with Gasteiger partial charge in [-0.15, -0.1) is 10.2 Å². The minimum atomic E-state index is -0.487. The molecule has 0 aliphatic rings. The molecule has 5 nitrogen and oxygen atoms in total. The zero-order valence-corrected chi connectivity index (χ0v) is 12.6. The number of nitrogens with zero attached hydrogens (tertiary/aromatic N) is 4. The Balaban J connectivity index is 2.35. The standard InChI is InChI=1S/C14H13FN4OS/c1-14(2,3)8-4-9-11(10(15)5-8)16-6-19(12(9)20)13-18-17-7-21-13/h4-7H,1-3H3. The van der Waals surface area contributed by atoms with Gasteiger partial charge in [-0.2, -0.15) is 0 Å². The Bertz CT molecular complexity index is 865. The number of fused-ring (bicyclic) bond motifs is 1. The largest absolute Gasteiger partial charge is 0.268 e. The summed E-state index contributed by atoms with van der Waals surface area (Å²) < 4.78 is 15.5. The molecule has 0 saturated carbocycles. The van der Waals surface area contributed by atoms with Crippen molar-refractivity contribution in [1.29, 1.82) is 0 Å². The lowest BCUT2D eigenvalue weighted by Crippen LogP contribution is -2.20. The van der Waals surface area contributed by atoms with Crippen LogP contribution >= 0.6 is 11.3 Å². The third-order valence-electron chi connectivity index (χ3n) is 3.24. The molecule has 0 aliphatic heterocycles. The van der Waals surface area contributed by atoms with E-state index in [-0.39, 0.29) is 21.9 Å². The van der Waals surface area contributed by atoms with Crippen LogP contribution in [0.5, 0.6) is 0 Å². The van der Waals surface area contributed by atoms with Crippen LogP contribution in [0.2, 0.25) is 0 Å². The molecule has 1 aromatic carbocycles. The maximum atomic E-state index is 14.2. The van der Waals surface area contributed by atoms with Crippen LogP contribution in [0, 0.1) is 5.82 Å². The summed E-state index contributed by atoms with van der Waals surface area (Å²) in [6, 6.07) is 3.13. The van der Waals surface area contributed by atoms with E-state index in [1.165, 1.54) is 33.8 Å². The fraction of sp³-hybridized carbons (Fsp3) is 0.286. The van der Waals surface area contributed by atoms with Crippen LogP contribution in [-0.2, 0) is 5.41 Å². The third kappa shape index (κ3) is 2.33. The molecule has 21 heavy (non-hydrogen) atoms. The molecule has 2 heterocycles. The second-order valence-corrected chi connectivity index (χ2v) is 6.56. The van der Waals surface area contributed by atoms with Gasteiger partial charge in [-0.25, -0.2) is 13.9 Å². The second-order valence-electron chi connectivity index (χ2n) is 5.75. The highest BCUT2D eigenvalue weighted by Crippen LogP contribution is 2.26. The molecule has 2 aromatic heterocycles. The first-order chi connectivity index (χ1) is 9.88. The zero-order valence-electron chi connectivity index (χ0n) is 11.8. The molecule has 108 valence electrons.